The molecule has 0 saturated carbocycles. The van der Waals surface area contributed by atoms with Crippen LogP contribution in [0.2, 0.25) is 0 Å². The fourth-order valence-electron chi connectivity index (χ4n) is 2.18. The van der Waals surface area contributed by atoms with Gasteiger partial charge in [-0.1, -0.05) is 24.3 Å². The molecule has 0 amide bonds. The molecule has 1 aliphatic carbocycles. The summed E-state index contributed by atoms with van der Waals surface area (Å²) in [4.78, 5) is 3.12. The standard InChI is InChI=1S/C14H26N2/c1-15(2)13-9-5-7-11-14(16(3)4)12-8-6-10-13/h5-8,13-14H,9-12H2,1-4H3/p+2/b7-5-,8-6-. The Labute approximate surface area is 101 Å². The van der Waals surface area contributed by atoms with Crippen molar-refractivity contribution in [1.82, 2.24) is 0 Å². The van der Waals surface area contributed by atoms with Crippen LogP contribution in [-0.2, 0) is 0 Å². The average molecular weight is 224 g/mol. The molecule has 16 heavy (non-hydrogen) atoms. The first-order valence-corrected chi connectivity index (χ1v) is 6.51. The van der Waals surface area contributed by atoms with Gasteiger partial charge in [0.15, 0.2) is 0 Å². The molecule has 0 heterocycles. The summed E-state index contributed by atoms with van der Waals surface area (Å²) in [5.41, 5.74) is 0. The number of nitrogens with one attached hydrogen (secondary N) is 2. The lowest BCUT2D eigenvalue weighted by Crippen LogP contribution is -3.10. The molecule has 0 aromatic rings. The van der Waals surface area contributed by atoms with E-state index in [0.29, 0.717) is 0 Å². The summed E-state index contributed by atoms with van der Waals surface area (Å²) in [6.07, 6.45) is 14.4. The van der Waals surface area contributed by atoms with Crippen molar-refractivity contribution >= 4 is 0 Å². The second-order valence-corrected chi connectivity index (χ2v) is 5.43. The van der Waals surface area contributed by atoms with Crippen LogP contribution >= 0.6 is 0 Å². The fraction of sp³-hybridized carbons (Fsp3) is 0.714. The first kappa shape index (κ1) is 13.5. The average Bonchev–Trinajstić information content (AvgIpc) is 2.24. The second-order valence-electron chi connectivity index (χ2n) is 5.43. The van der Waals surface area contributed by atoms with E-state index in [2.05, 4.69) is 52.5 Å². The Bertz CT molecular complexity index is 199. The summed E-state index contributed by atoms with van der Waals surface area (Å²) in [6.45, 7) is 0. The maximum atomic E-state index is 2.38. The van der Waals surface area contributed by atoms with Crippen molar-refractivity contribution in [3.8, 4) is 0 Å². The van der Waals surface area contributed by atoms with Gasteiger partial charge in [0.1, 0.15) is 0 Å². The van der Waals surface area contributed by atoms with E-state index in [1.807, 2.05) is 0 Å². The van der Waals surface area contributed by atoms with E-state index in [1.165, 1.54) is 25.7 Å². The van der Waals surface area contributed by atoms with E-state index < -0.39 is 0 Å². The zero-order valence-electron chi connectivity index (χ0n) is 11.3. The van der Waals surface area contributed by atoms with E-state index in [4.69, 9.17) is 0 Å². The third kappa shape index (κ3) is 4.50. The molecule has 2 heteroatoms. The van der Waals surface area contributed by atoms with Crippen LogP contribution < -0.4 is 9.80 Å². The van der Waals surface area contributed by atoms with Crippen molar-refractivity contribution in [2.75, 3.05) is 28.2 Å². The topological polar surface area (TPSA) is 8.88 Å². The number of hydrogen-bond acceptors (Lipinski definition) is 0. The summed E-state index contributed by atoms with van der Waals surface area (Å²) < 4.78 is 0. The van der Waals surface area contributed by atoms with Gasteiger partial charge in [0.25, 0.3) is 0 Å². The highest BCUT2D eigenvalue weighted by molar-refractivity contribution is 4.94. The van der Waals surface area contributed by atoms with Gasteiger partial charge >= 0.3 is 0 Å². The van der Waals surface area contributed by atoms with Crippen LogP contribution in [0, 0.1) is 0 Å². The van der Waals surface area contributed by atoms with Crippen molar-refractivity contribution in [1.29, 1.82) is 0 Å². The molecule has 2 N–H and O–H groups in total. The van der Waals surface area contributed by atoms with Crippen LogP contribution in [0.25, 0.3) is 0 Å². The molecule has 0 unspecified atom stereocenters. The number of hydrogen-bond donors (Lipinski definition) is 2. The molecule has 92 valence electrons. The molecule has 0 saturated heterocycles. The molecule has 0 aromatic carbocycles. The molecule has 0 radical (unpaired) electrons. The van der Waals surface area contributed by atoms with Crippen LogP contribution in [0.3, 0.4) is 0 Å². The molecular weight excluding hydrogens is 196 g/mol. The van der Waals surface area contributed by atoms with Crippen LogP contribution in [0.1, 0.15) is 25.7 Å². The van der Waals surface area contributed by atoms with Crippen molar-refractivity contribution < 1.29 is 9.80 Å². The van der Waals surface area contributed by atoms with Crippen molar-refractivity contribution in [3.63, 3.8) is 0 Å². The van der Waals surface area contributed by atoms with Crippen molar-refractivity contribution in [2.24, 2.45) is 0 Å². The summed E-state index contributed by atoms with van der Waals surface area (Å²) in [6, 6.07) is 1.49. The Morgan fingerprint density at radius 2 is 0.875 bits per heavy atom. The Hall–Kier alpha value is -0.600. The van der Waals surface area contributed by atoms with E-state index in [9.17, 15) is 0 Å². The lowest BCUT2D eigenvalue weighted by Gasteiger charge is -2.21. The summed E-state index contributed by atoms with van der Waals surface area (Å²) in [5.74, 6) is 0. The summed E-state index contributed by atoms with van der Waals surface area (Å²) in [5, 5.41) is 0. The van der Waals surface area contributed by atoms with Crippen LogP contribution in [0.5, 0.6) is 0 Å². The highest BCUT2D eigenvalue weighted by Crippen LogP contribution is 2.05. The monoisotopic (exact) mass is 224 g/mol. The van der Waals surface area contributed by atoms with E-state index >= 15 is 0 Å². The second kappa shape index (κ2) is 6.87. The first-order chi connectivity index (χ1) is 7.61. The fourth-order valence-corrected chi connectivity index (χ4v) is 2.18. The third-order valence-electron chi connectivity index (χ3n) is 3.65. The van der Waals surface area contributed by atoms with Crippen molar-refractivity contribution in [3.05, 3.63) is 24.3 Å². The van der Waals surface area contributed by atoms with E-state index in [1.54, 1.807) is 9.80 Å². The minimum Gasteiger partial charge on any atom is -0.337 e. The zero-order chi connectivity index (χ0) is 12.0. The molecule has 0 bridgehead atoms. The van der Waals surface area contributed by atoms with Gasteiger partial charge in [-0.25, -0.2) is 0 Å². The normalized spacial score (nSPS) is 31.6. The van der Waals surface area contributed by atoms with Gasteiger partial charge in [-0.05, 0) is 0 Å². The Balaban J connectivity index is 2.57. The maximum Gasteiger partial charge on any atom is 0.0940 e. The summed E-state index contributed by atoms with van der Waals surface area (Å²) >= 11 is 0. The number of quaternary nitrogens is 2. The Morgan fingerprint density at radius 3 is 1.06 bits per heavy atom. The van der Waals surface area contributed by atoms with Crippen LogP contribution in [0.4, 0.5) is 0 Å². The van der Waals surface area contributed by atoms with E-state index in [-0.39, 0.29) is 0 Å². The third-order valence-corrected chi connectivity index (χ3v) is 3.65. The van der Waals surface area contributed by atoms with Gasteiger partial charge in [0.2, 0.25) is 0 Å². The minimum atomic E-state index is 0.746. The van der Waals surface area contributed by atoms with E-state index in [0.717, 1.165) is 12.1 Å². The highest BCUT2D eigenvalue weighted by atomic mass is 15.1. The molecule has 0 aliphatic heterocycles. The molecule has 0 atom stereocenters. The highest BCUT2D eigenvalue weighted by Gasteiger charge is 2.15. The lowest BCUT2D eigenvalue weighted by molar-refractivity contribution is -0.885. The van der Waals surface area contributed by atoms with Gasteiger partial charge in [-0.3, -0.25) is 0 Å². The maximum absolute atomic E-state index is 2.38. The quantitative estimate of drug-likeness (QED) is 0.596. The van der Waals surface area contributed by atoms with Gasteiger partial charge in [0.05, 0.1) is 40.3 Å². The first-order valence-electron chi connectivity index (χ1n) is 6.51. The molecule has 0 spiro atoms. The van der Waals surface area contributed by atoms with Gasteiger partial charge in [-0.2, -0.15) is 0 Å². The SMILES string of the molecule is C[NH+](C)C1C/C=C\CC([NH+](C)C)C/C=C\C1. The minimum absolute atomic E-state index is 0.746. The van der Waals surface area contributed by atoms with Crippen LogP contribution in [0.15, 0.2) is 24.3 Å². The predicted octanol–water partition coefficient (Wildman–Crippen LogP) is -0.301. The molecule has 1 aliphatic rings. The van der Waals surface area contributed by atoms with Crippen molar-refractivity contribution in [2.45, 2.75) is 37.8 Å². The molecule has 0 fully saturated rings. The molecular formula is C14H28N2+2. The van der Waals surface area contributed by atoms with Crippen LogP contribution in [-0.4, -0.2) is 40.3 Å². The molecule has 2 nitrogen and oxygen atoms in total. The largest absolute Gasteiger partial charge is 0.337 e. The zero-order valence-corrected chi connectivity index (χ0v) is 11.3. The Morgan fingerprint density at radius 1 is 0.625 bits per heavy atom. The molecule has 0 aromatic heterocycles. The van der Waals surface area contributed by atoms with Gasteiger partial charge in [0, 0.05) is 25.7 Å². The molecule has 1 rings (SSSR count). The van der Waals surface area contributed by atoms with Gasteiger partial charge < -0.3 is 9.80 Å². The predicted molar refractivity (Wildman–Crippen MR) is 69.9 cm³/mol. The Kier molecular flexibility index (Phi) is 5.78. The lowest BCUT2D eigenvalue weighted by atomic mass is 10.0. The summed E-state index contributed by atoms with van der Waals surface area (Å²) in [7, 11) is 9.02. The smallest absolute Gasteiger partial charge is 0.0940 e. The van der Waals surface area contributed by atoms with Gasteiger partial charge in [-0.15, -0.1) is 0 Å². The number of rotatable bonds is 2.